The van der Waals surface area contributed by atoms with Crippen LogP contribution in [0.1, 0.15) is 16.2 Å². The summed E-state index contributed by atoms with van der Waals surface area (Å²) in [7, 11) is 3.92. The summed E-state index contributed by atoms with van der Waals surface area (Å²) in [6.45, 7) is 0.0498. The highest BCUT2D eigenvalue weighted by atomic mass is 127. The number of pyridine rings is 1. The molecule has 3 rings (SSSR count). The number of methoxy groups -OCH3 is 3. The van der Waals surface area contributed by atoms with E-state index >= 15 is 0 Å². The molecule has 0 saturated heterocycles. The molecule has 0 spiro atoms. The van der Waals surface area contributed by atoms with Crippen molar-refractivity contribution in [1.29, 1.82) is 0 Å². The SMILES string of the molecule is COC(=O)Nc1nc(O)c2c(n1)c(I)nn2Cc1nc(C(=O)OC)ccc1OC. The standard InChI is InChI=1S/C16H15IN6O6/c1-27-9-5-4-7(14(25)28-2)18-8(9)6-23-11-10(12(17)22-23)19-15(20-13(11)24)21-16(26)29-3/h4-5H,6H2,1-3H3,(H2,19,20,21,24,26). The smallest absolute Gasteiger partial charge is 0.413 e. The van der Waals surface area contributed by atoms with Crippen molar-refractivity contribution < 1.29 is 28.9 Å². The summed E-state index contributed by atoms with van der Waals surface area (Å²) < 4.78 is 16.3. The summed E-state index contributed by atoms with van der Waals surface area (Å²) >= 11 is 1.94. The van der Waals surface area contributed by atoms with E-state index < -0.39 is 17.9 Å². The van der Waals surface area contributed by atoms with Gasteiger partial charge in [0.2, 0.25) is 11.8 Å². The Hall–Kier alpha value is -3.23. The fourth-order valence-corrected chi connectivity index (χ4v) is 3.12. The number of ether oxygens (including phenoxy) is 3. The summed E-state index contributed by atoms with van der Waals surface area (Å²) in [5, 5.41) is 17.0. The predicted octanol–water partition coefficient (Wildman–Crippen LogP) is 1.55. The van der Waals surface area contributed by atoms with E-state index in [4.69, 9.17) is 9.47 Å². The number of nitrogens with one attached hydrogen (secondary N) is 1. The van der Waals surface area contributed by atoms with Crippen LogP contribution in [-0.4, -0.2) is 63.2 Å². The number of halogens is 1. The molecule has 0 unspecified atom stereocenters. The van der Waals surface area contributed by atoms with Gasteiger partial charge in [0.05, 0.1) is 27.9 Å². The summed E-state index contributed by atoms with van der Waals surface area (Å²) in [4.78, 5) is 35.5. The Morgan fingerprint density at radius 2 is 1.93 bits per heavy atom. The number of nitrogens with zero attached hydrogens (tertiary/aromatic N) is 5. The van der Waals surface area contributed by atoms with Crippen molar-refractivity contribution in [3.8, 4) is 11.6 Å². The van der Waals surface area contributed by atoms with E-state index in [9.17, 15) is 14.7 Å². The highest BCUT2D eigenvalue weighted by molar-refractivity contribution is 14.1. The first kappa shape index (κ1) is 20.5. The van der Waals surface area contributed by atoms with Gasteiger partial charge in [-0.15, -0.1) is 0 Å². The monoisotopic (exact) mass is 514 g/mol. The minimum atomic E-state index is -0.778. The normalized spacial score (nSPS) is 10.6. The zero-order chi connectivity index (χ0) is 21.1. The number of amides is 1. The van der Waals surface area contributed by atoms with Gasteiger partial charge in [0.15, 0.2) is 5.52 Å². The minimum absolute atomic E-state index is 0.0498. The Morgan fingerprint density at radius 1 is 1.17 bits per heavy atom. The zero-order valence-corrected chi connectivity index (χ0v) is 17.6. The predicted molar refractivity (Wildman–Crippen MR) is 107 cm³/mol. The molecule has 3 aromatic rings. The van der Waals surface area contributed by atoms with Crippen LogP contribution in [0.4, 0.5) is 10.7 Å². The molecule has 3 aromatic heterocycles. The van der Waals surface area contributed by atoms with E-state index in [2.05, 4.69) is 30.1 Å². The molecule has 0 aliphatic rings. The maximum atomic E-state index is 11.8. The van der Waals surface area contributed by atoms with Crippen molar-refractivity contribution in [2.45, 2.75) is 6.54 Å². The molecule has 0 radical (unpaired) electrons. The van der Waals surface area contributed by atoms with Crippen LogP contribution in [0.3, 0.4) is 0 Å². The van der Waals surface area contributed by atoms with Crippen LogP contribution in [0, 0.1) is 3.70 Å². The number of anilines is 1. The first-order chi connectivity index (χ1) is 13.9. The van der Waals surface area contributed by atoms with Crippen molar-refractivity contribution in [3.05, 3.63) is 27.2 Å². The average molecular weight is 514 g/mol. The van der Waals surface area contributed by atoms with Crippen LogP contribution in [0.25, 0.3) is 11.0 Å². The second kappa shape index (κ2) is 8.42. The number of rotatable bonds is 5. The first-order valence-corrected chi connectivity index (χ1v) is 9.06. The Morgan fingerprint density at radius 3 is 2.59 bits per heavy atom. The fourth-order valence-electron chi connectivity index (χ4n) is 2.49. The molecule has 0 aliphatic carbocycles. The van der Waals surface area contributed by atoms with Gasteiger partial charge in [0.1, 0.15) is 26.4 Å². The Kier molecular flexibility index (Phi) is 5.95. The van der Waals surface area contributed by atoms with Crippen LogP contribution in [0.15, 0.2) is 12.1 Å². The number of carbonyl (C=O) groups excluding carboxylic acids is 2. The molecule has 0 fully saturated rings. The molecule has 3 heterocycles. The van der Waals surface area contributed by atoms with Gasteiger partial charge in [-0.1, -0.05) is 0 Å². The van der Waals surface area contributed by atoms with Crippen molar-refractivity contribution in [2.75, 3.05) is 26.6 Å². The van der Waals surface area contributed by atoms with Crippen molar-refractivity contribution in [3.63, 3.8) is 0 Å². The van der Waals surface area contributed by atoms with Gasteiger partial charge in [0, 0.05) is 0 Å². The van der Waals surface area contributed by atoms with Crippen LogP contribution in [0.5, 0.6) is 11.6 Å². The summed E-state index contributed by atoms with van der Waals surface area (Å²) in [6, 6.07) is 3.06. The van der Waals surface area contributed by atoms with E-state index in [1.807, 2.05) is 22.6 Å². The van der Waals surface area contributed by atoms with E-state index in [1.54, 1.807) is 6.07 Å². The van der Waals surface area contributed by atoms with Crippen LogP contribution >= 0.6 is 22.6 Å². The summed E-state index contributed by atoms with van der Waals surface area (Å²) in [6.07, 6.45) is -0.778. The summed E-state index contributed by atoms with van der Waals surface area (Å²) in [5.74, 6) is -0.721. The minimum Gasteiger partial charge on any atom is -0.495 e. The number of hydrogen-bond donors (Lipinski definition) is 2. The number of fused-ring (bicyclic) bond motifs is 1. The van der Waals surface area contributed by atoms with Gasteiger partial charge in [0.25, 0.3) is 0 Å². The van der Waals surface area contributed by atoms with Gasteiger partial charge in [-0.05, 0) is 34.7 Å². The number of hydrogen-bond acceptors (Lipinski definition) is 10. The number of carbonyl (C=O) groups is 2. The molecule has 1 amide bonds. The van der Waals surface area contributed by atoms with Gasteiger partial charge >= 0.3 is 12.1 Å². The molecule has 12 nitrogen and oxygen atoms in total. The van der Waals surface area contributed by atoms with E-state index in [0.717, 1.165) is 0 Å². The van der Waals surface area contributed by atoms with Crippen LogP contribution in [0.2, 0.25) is 0 Å². The molecule has 2 N–H and O–H groups in total. The lowest BCUT2D eigenvalue weighted by Crippen LogP contribution is -2.14. The first-order valence-electron chi connectivity index (χ1n) is 7.98. The third kappa shape index (κ3) is 4.13. The molecule has 0 aliphatic heterocycles. The largest absolute Gasteiger partial charge is 0.495 e. The molecular weight excluding hydrogens is 499 g/mol. The van der Waals surface area contributed by atoms with Crippen LogP contribution in [-0.2, 0) is 16.0 Å². The Balaban J connectivity index is 2.05. The second-order valence-electron chi connectivity index (χ2n) is 5.47. The van der Waals surface area contributed by atoms with Crippen molar-refractivity contribution >= 4 is 51.6 Å². The quantitative estimate of drug-likeness (QED) is 0.379. The lowest BCUT2D eigenvalue weighted by Gasteiger charge is -2.10. The zero-order valence-electron chi connectivity index (χ0n) is 15.5. The molecule has 13 heteroatoms. The van der Waals surface area contributed by atoms with E-state index in [0.29, 0.717) is 20.7 Å². The lowest BCUT2D eigenvalue weighted by atomic mass is 10.2. The van der Waals surface area contributed by atoms with Crippen molar-refractivity contribution in [1.82, 2.24) is 24.7 Å². The topological polar surface area (TPSA) is 151 Å². The Bertz CT molecular complexity index is 1100. The molecule has 29 heavy (non-hydrogen) atoms. The van der Waals surface area contributed by atoms with Gasteiger partial charge in [-0.3, -0.25) is 10.00 Å². The molecule has 0 saturated carbocycles. The molecular formula is C16H15IN6O6. The third-order valence-electron chi connectivity index (χ3n) is 3.77. The molecule has 0 atom stereocenters. The number of aromatic hydroxyl groups is 1. The average Bonchev–Trinajstić information content (AvgIpc) is 3.02. The van der Waals surface area contributed by atoms with Crippen molar-refractivity contribution in [2.24, 2.45) is 0 Å². The second-order valence-corrected chi connectivity index (χ2v) is 6.49. The fraction of sp³-hybridized carbons (Fsp3) is 0.250. The number of aromatic nitrogens is 5. The van der Waals surface area contributed by atoms with Gasteiger partial charge in [-0.25, -0.2) is 19.6 Å². The Labute approximate surface area is 177 Å². The highest BCUT2D eigenvalue weighted by Crippen LogP contribution is 2.28. The highest BCUT2D eigenvalue weighted by Gasteiger charge is 2.20. The maximum absolute atomic E-state index is 11.8. The molecule has 0 aromatic carbocycles. The lowest BCUT2D eigenvalue weighted by molar-refractivity contribution is 0.0593. The molecule has 152 valence electrons. The third-order valence-corrected chi connectivity index (χ3v) is 4.50. The number of esters is 1. The molecule has 0 bridgehead atoms. The van der Waals surface area contributed by atoms with Gasteiger partial charge < -0.3 is 19.3 Å². The van der Waals surface area contributed by atoms with Gasteiger partial charge in [-0.2, -0.15) is 10.1 Å². The maximum Gasteiger partial charge on any atom is 0.413 e. The van der Waals surface area contributed by atoms with E-state index in [1.165, 1.54) is 32.1 Å². The van der Waals surface area contributed by atoms with Crippen LogP contribution < -0.4 is 10.1 Å². The summed E-state index contributed by atoms with van der Waals surface area (Å²) in [5.41, 5.74) is 1.01. The van der Waals surface area contributed by atoms with E-state index in [-0.39, 0.29) is 23.7 Å².